The molecule has 0 N–H and O–H groups in total. The second-order valence-corrected chi connectivity index (χ2v) is 16.0. The fourth-order valence-corrected chi connectivity index (χ4v) is 10.9. The van der Waals surface area contributed by atoms with Crippen molar-refractivity contribution < 1.29 is 14.3 Å². The van der Waals surface area contributed by atoms with Crippen molar-refractivity contribution in [2.45, 2.75) is 132 Å². The quantitative estimate of drug-likeness (QED) is 0.216. The Kier molecular flexibility index (Phi) is 6.45. The van der Waals surface area contributed by atoms with Crippen molar-refractivity contribution in [1.82, 2.24) is 0 Å². The third kappa shape index (κ3) is 3.71. The molecule has 0 spiro atoms. The Morgan fingerprint density at radius 2 is 1.65 bits per heavy atom. The van der Waals surface area contributed by atoms with E-state index in [4.69, 9.17) is 4.74 Å². The predicted molar refractivity (Wildman–Crippen MR) is 150 cm³/mol. The molecular weight excluding hydrogens is 456 g/mol. The average Bonchev–Trinajstić information content (AvgIpc) is 2.82. The second-order valence-electron chi connectivity index (χ2n) is 16.0. The Balaban J connectivity index is 1.55. The molecule has 0 bridgehead atoms. The number of carbonyl (C=O) groups is 2. The Morgan fingerprint density at radius 3 is 2.35 bits per heavy atom. The number of unbranched alkanes of at least 4 members (excludes halogenated alkanes) is 1. The lowest BCUT2D eigenvalue weighted by molar-refractivity contribution is -0.191. The topological polar surface area (TPSA) is 43.4 Å². The summed E-state index contributed by atoms with van der Waals surface area (Å²) in [7, 11) is 0. The minimum absolute atomic E-state index is 0.0971. The fourth-order valence-electron chi connectivity index (χ4n) is 10.9. The highest BCUT2D eigenvalue weighted by molar-refractivity contribution is 5.85. The van der Waals surface area contributed by atoms with E-state index in [2.05, 4.69) is 61.5 Å². The molecule has 4 saturated carbocycles. The lowest BCUT2D eigenvalue weighted by Gasteiger charge is -2.70. The molecule has 7 atom stereocenters. The Bertz CT molecular complexity index is 989. The molecule has 37 heavy (non-hydrogen) atoms. The fraction of sp³-hybridized carbons (Fsp3) is 0.882. The van der Waals surface area contributed by atoms with Gasteiger partial charge in [0.25, 0.3) is 0 Å². The first-order chi connectivity index (χ1) is 17.2. The van der Waals surface area contributed by atoms with Gasteiger partial charge in [-0.1, -0.05) is 73.5 Å². The number of Topliss-reactive ketones (excluding diaryl/α,β-unsaturated/α-hetero) is 1. The summed E-state index contributed by atoms with van der Waals surface area (Å²) in [6.45, 7) is 19.7. The monoisotopic (exact) mass is 510 g/mol. The van der Waals surface area contributed by atoms with E-state index >= 15 is 0 Å². The largest absolute Gasteiger partial charge is 0.465 e. The number of ether oxygens (including phenoxy) is 1. The van der Waals surface area contributed by atoms with E-state index in [-0.39, 0.29) is 38.5 Å². The van der Waals surface area contributed by atoms with Crippen LogP contribution in [-0.4, -0.2) is 18.4 Å². The summed E-state index contributed by atoms with van der Waals surface area (Å²) in [6, 6.07) is 0. The molecule has 208 valence electrons. The van der Waals surface area contributed by atoms with Crippen molar-refractivity contribution >= 4 is 11.8 Å². The van der Waals surface area contributed by atoms with Gasteiger partial charge in [0.2, 0.25) is 0 Å². The lowest BCUT2D eigenvalue weighted by Crippen LogP contribution is -2.64. The third-order valence-electron chi connectivity index (χ3n) is 13.5. The van der Waals surface area contributed by atoms with Crippen molar-refractivity contribution in [2.24, 2.45) is 50.2 Å². The Hall–Kier alpha value is -1.12. The summed E-state index contributed by atoms with van der Waals surface area (Å²) in [6.07, 6.45) is 15.1. The SMILES string of the molecule is CCCCOC(=O)[C@]12CCC(C)(C)CC1C1=CCC3[C@@]4(C)CCC(=O)C(C)(C)C4CC[C@@]3(C)[C@]1(C)CC2. The van der Waals surface area contributed by atoms with Crippen LogP contribution in [0.2, 0.25) is 0 Å². The van der Waals surface area contributed by atoms with Crippen molar-refractivity contribution in [3.05, 3.63) is 11.6 Å². The van der Waals surface area contributed by atoms with Crippen LogP contribution in [0.5, 0.6) is 0 Å². The van der Waals surface area contributed by atoms with Crippen LogP contribution in [0.4, 0.5) is 0 Å². The van der Waals surface area contributed by atoms with Gasteiger partial charge in [0.05, 0.1) is 12.0 Å². The van der Waals surface area contributed by atoms with E-state index in [9.17, 15) is 9.59 Å². The lowest BCUT2D eigenvalue weighted by atomic mass is 9.33. The number of ketones is 1. The minimum atomic E-state index is -0.335. The highest BCUT2D eigenvalue weighted by Crippen LogP contribution is 2.75. The van der Waals surface area contributed by atoms with Gasteiger partial charge in [-0.25, -0.2) is 0 Å². The molecule has 0 amide bonds. The average molecular weight is 511 g/mol. The van der Waals surface area contributed by atoms with E-state index in [1.165, 1.54) is 6.42 Å². The zero-order valence-electron chi connectivity index (χ0n) is 25.2. The van der Waals surface area contributed by atoms with Gasteiger partial charge < -0.3 is 4.74 Å². The first kappa shape index (κ1) is 27.4. The van der Waals surface area contributed by atoms with Crippen LogP contribution < -0.4 is 0 Å². The highest BCUT2D eigenvalue weighted by atomic mass is 16.5. The van der Waals surface area contributed by atoms with Crippen molar-refractivity contribution in [3.63, 3.8) is 0 Å². The molecule has 4 fully saturated rings. The van der Waals surface area contributed by atoms with Crippen LogP contribution in [0.3, 0.4) is 0 Å². The number of esters is 1. The van der Waals surface area contributed by atoms with Gasteiger partial charge in [-0.3, -0.25) is 9.59 Å². The van der Waals surface area contributed by atoms with Crippen molar-refractivity contribution in [3.8, 4) is 0 Å². The Morgan fingerprint density at radius 1 is 0.946 bits per heavy atom. The van der Waals surface area contributed by atoms with Gasteiger partial charge >= 0.3 is 5.97 Å². The molecule has 0 aliphatic heterocycles. The minimum Gasteiger partial charge on any atom is -0.465 e. The maximum absolute atomic E-state index is 13.8. The van der Waals surface area contributed by atoms with E-state index in [1.54, 1.807) is 5.57 Å². The smallest absolute Gasteiger partial charge is 0.312 e. The van der Waals surface area contributed by atoms with Gasteiger partial charge in [0.1, 0.15) is 5.78 Å². The maximum atomic E-state index is 13.8. The van der Waals surface area contributed by atoms with Crippen LogP contribution in [0.25, 0.3) is 0 Å². The van der Waals surface area contributed by atoms with E-state index in [0.717, 1.165) is 70.6 Å². The molecule has 3 unspecified atom stereocenters. The van der Waals surface area contributed by atoms with Gasteiger partial charge in [-0.05, 0) is 104 Å². The molecule has 5 aliphatic rings. The molecule has 0 aromatic rings. The van der Waals surface area contributed by atoms with Gasteiger partial charge in [-0.2, -0.15) is 0 Å². The Labute approximate surface area is 227 Å². The maximum Gasteiger partial charge on any atom is 0.312 e. The van der Waals surface area contributed by atoms with Gasteiger partial charge in [-0.15, -0.1) is 0 Å². The van der Waals surface area contributed by atoms with Crippen LogP contribution in [-0.2, 0) is 14.3 Å². The molecule has 5 rings (SSSR count). The summed E-state index contributed by atoms with van der Waals surface area (Å²) >= 11 is 0. The second kappa shape index (κ2) is 8.69. The number of rotatable bonds is 4. The number of hydrogen-bond donors (Lipinski definition) is 0. The summed E-state index contributed by atoms with van der Waals surface area (Å²) in [5, 5.41) is 0. The summed E-state index contributed by atoms with van der Waals surface area (Å²) in [4.78, 5) is 26.8. The van der Waals surface area contributed by atoms with Gasteiger partial charge in [0, 0.05) is 11.8 Å². The van der Waals surface area contributed by atoms with Crippen molar-refractivity contribution in [2.75, 3.05) is 6.61 Å². The molecule has 3 nitrogen and oxygen atoms in total. The molecule has 0 aromatic heterocycles. The molecular formula is C34H54O3. The van der Waals surface area contributed by atoms with E-state index in [1.807, 2.05) is 0 Å². The molecule has 0 aromatic carbocycles. The predicted octanol–water partition coefficient (Wildman–Crippen LogP) is 8.70. The van der Waals surface area contributed by atoms with Crippen LogP contribution >= 0.6 is 0 Å². The number of carbonyl (C=O) groups excluding carboxylic acids is 2. The van der Waals surface area contributed by atoms with Crippen LogP contribution in [0, 0.1) is 50.2 Å². The van der Waals surface area contributed by atoms with Crippen molar-refractivity contribution in [1.29, 1.82) is 0 Å². The third-order valence-corrected chi connectivity index (χ3v) is 13.5. The molecule has 0 radical (unpaired) electrons. The number of hydrogen-bond acceptors (Lipinski definition) is 3. The molecule has 3 heteroatoms. The van der Waals surface area contributed by atoms with Crippen LogP contribution in [0.15, 0.2) is 11.6 Å². The highest BCUT2D eigenvalue weighted by Gasteiger charge is 2.69. The zero-order chi connectivity index (χ0) is 27.1. The summed E-state index contributed by atoms with van der Waals surface area (Å²) in [5.74, 6) is 1.95. The standard InChI is InChI=1S/C34H54O3/c1-9-10-21-37-28(36)34-19-17-29(2,3)22-24(34)23-11-12-26-31(6)15-14-27(35)30(4,5)25(31)13-16-33(26,8)32(23,7)18-20-34/h11,24-26H,9-10,12-22H2,1-8H3/t24?,25?,26?,31-,32+,33+,34-/m0/s1. The molecule has 5 aliphatic carbocycles. The first-order valence-electron chi connectivity index (χ1n) is 15.6. The molecule has 0 saturated heterocycles. The van der Waals surface area contributed by atoms with E-state index in [0.29, 0.717) is 30.1 Å². The zero-order valence-corrected chi connectivity index (χ0v) is 25.2. The normalized spacial score (nSPS) is 46.0. The molecule has 0 heterocycles. The number of fused-ring (bicyclic) bond motifs is 7. The van der Waals surface area contributed by atoms with Crippen LogP contribution in [0.1, 0.15) is 132 Å². The van der Waals surface area contributed by atoms with E-state index < -0.39 is 0 Å². The summed E-state index contributed by atoms with van der Waals surface area (Å²) in [5.41, 5.74) is 1.83. The van der Waals surface area contributed by atoms with Gasteiger partial charge in [0.15, 0.2) is 0 Å². The number of allylic oxidation sites excluding steroid dienone is 2. The first-order valence-corrected chi connectivity index (χ1v) is 15.6. The summed E-state index contributed by atoms with van der Waals surface area (Å²) < 4.78 is 6.02.